The second-order valence-corrected chi connectivity index (χ2v) is 5.34. The molecule has 1 atom stereocenters. The molecule has 0 aromatic rings. The molecule has 0 aromatic heterocycles. The Labute approximate surface area is 119 Å². The average Bonchev–Trinajstić information content (AvgIpc) is 2.29. The van der Waals surface area contributed by atoms with Gasteiger partial charge in [-0.05, 0) is 39.7 Å². The number of ether oxygens (including phenoxy) is 1. The van der Waals surface area contributed by atoms with Crippen molar-refractivity contribution in [2.24, 2.45) is 0 Å². The zero-order chi connectivity index (χ0) is 15.8. The second-order valence-electron chi connectivity index (χ2n) is 5.34. The topological polar surface area (TPSA) is 92.7 Å². The van der Waals surface area contributed by atoms with E-state index in [1.165, 1.54) is 6.08 Å². The summed E-state index contributed by atoms with van der Waals surface area (Å²) in [4.78, 5) is 33.5. The molecule has 0 unspecified atom stereocenters. The summed E-state index contributed by atoms with van der Waals surface area (Å²) in [5, 5.41) is 11.3. The quantitative estimate of drug-likeness (QED) is 0.700. The molecule has 0 radical (unpaired) electrons. The Hall–Kier alpha value is -1.85. The maximum Gasteiger partial charge on any atom is 0.408 e. The molecular weight excluding hydrogens is 262 g/mol. The van der Waals surface area contributed by atoms with Gasteiger partial charge in [0.1, 0.15) is 11.6 Å². The minimum absolute atomic E-state index is 0.0167. The molecule has 1 amide bonds. The first-order valence-electron chi connectivity index (χ1n) is 6.57. The van der Waals surface area contributed by atoms with Crippen LogP contribution in [0.3, 0.4) is 0 Å². The maximum absolute atomic E-state index is 11.5. The summed E-state index contributed by atoms with van der Waals surface area (Å²) in [6, 6.07) is -1.04. The Morgan fingerprint density at radius 3 is 2.35 bits per heavy atom. The van der Waals surface area contributed by atoms with E-state index >= 15 is 0 Å². The van der Waals surface area contributed by atoms with Crippen molar-refractivity contribution in [2.75, 3.05) is 0 Å². The number of carbonyl (C=O) groups excluding carboxylic acids is 2. The van der Waals surface area contributed by atoms with Crippen LogP contribution in [0.1, 0.15) is 47.0 Å². The summed E-state index contributed by atoms with van der Waals surface area (Å²) < 4.78 is 4.99. The number of nitrogens with one attached hydrogen (secondary N) is 1. The number of aliphatic carboxylic acids is 1. The van der Waals surface area contributed by atoms with Crippen molar-refractivity contribution in [3.05, 3.63) is 12.2 Å². The van der Waals surface area contributed by atoms with Gasteiger partial charge in [0.2, 0.25) is 0 Å². The highest BCUT2D eigenvalue weighted by atomic mass is 16.6. The minimum Gasteiger partial charge on any atom is -0.480 e. The van der Waals surface area contributed by atoms with Gasteiger partial charge < -0.3 is 15.2 Å². The molecule has 114 valence electrons. The number of carbonyl (C=O) groups is 3. The lowest BCUT2D eigenvalue weighted by Gasteiger charge is -2.21. The Morgan fingerprint density at radius 1 is 1.30 bits per heavy atom. The predicted molar refractivity (Wildman–Crippen MR) is 74.5 cm³/mol. The summed E-state index contributed by atoms with van der Waals surface area (Å²) >= 11 is 0. The van der Waals surface area contributed by atoms with Crippen LogP contribution in [0.25, 0.3) is 0 Å². The molecule has 2 N–H and O–H groups in total. The highest BCUT2D eigenvalue weighted by molar-refractivity contribution is 5.89. The van der Waals surface area contributed by atoms with Crippen LogP contribution in [0.5, 0.6) is 0 Å². The van der Waals surface area contributed by atoms with E-state index in [0.717, 1.165) is 0 Å². The van der Waals surface area contributed by atoms with Gasteiger partial charge in [0.25, 0.3) is 0 Å². The van der Waals surface area contributed by atoms with E-state index in [1.54, 1.807) is 33.8 Å². The first kappa shape index (κ1) is 18.1. The van der Waals surface area contributed by atoms with Crippen molar-refractivity contribution in [3.63, 3.8) is 0 Å². The molecule has 0 spiro atoms. The Morgan fingerprint density at radius 2 is 1.90 bits per heavy atom. The Bertz CT molecular complexity index is 382. The fourth-order valence-electron chi connectivity index (χ4n) is 1.30. The van der Waals surface area contributed by atoms with E-state index in [0.29, 0.717) is 12.8 Å². The average molecular weight is 285 g/mol. The Kier molecular flexibility index (Phi) is 7.57. The van der Waals surface area contributed by atoms with Gasteiger partial charge in [-0.1, -0.05) is 13.0 Å². The van der Waals surface area contributed by atoms with Gasteiger partial charge in [0.05, 0.1) is 0 Å². The molecule has 0 aliphatic carbocycles. The molecule has 6 nitrogen and oxygen atoms in total. The fraction of sp³-hybridized carbons (Fsp3) is 0.643. The van der Waals surface area contributed by atoms with Crippen molar-refractivity contribution < 1.29 is 24.2 Å². The third-order valence-electron chi connectivity index (χ3n) is 2.26. The largest absolute Gasteiger partial charge is 0.480 e. The molecule has 0 fully saturated rings. The van der Waals surface area contributed by atoms with E-state index in [-0.39, 0.29) is 12.2 Å². The number of alkyl carbamates (subject to hydrolysis) is 1. The summed E-state index contributed by atoms with van der Waals surface area (Å²) in [5.74, 6) is -1.15. The van der Waals surface area contributed by atoms with Gasteiger partial charge in [-0.2, -0.15) is 0 Å². The first-order chi connectivity index (χ1) is 9.15. The standard InChI is InChI=1S/C14H23NO5/c1-5-10(16)8-6-7-9-11(12(17)18)15-13(19)20-14(2,3)4/h6,8,11H,5,7,9H2,1-4H3,(H,15,19)(H,17,18)/b8-6+/t11-/m0/s1. The number of amides is 1. The lowest BCUT2D eigenvalue weighted by Crippen LogP contribution is -2.43. The van der Waals surface area contributed by atoms with Crippen LogP contribution < -0.4 is 5.32 Å². The molecule has 20 heavy (non-hydrogen) atoms. The zero-order valence-electron chi connectivity index (χ0n) is 12.4. The monoisotopic (exact) mass is 285 g/mol. The number of allylic oxidation sites excluding steroid dienone is 2. The minimum atomic E-state index is -1.13. The molecule has 0 aromatic carbocycles. The highest BCUT2D eigenvalue weighted by Crippen LogP contribution is 2.08. The number of rotatable bonds is 7. The summed E-state index contributed by atoms with van der Waals surface area (Å²) in [5.41, 5.74) is -0.680. The molecule has 6 heteroatoms. The van der Waals surface area contributed by atoms with Gasteiger partial charge in [-0.15, -0.1) is 0 Å². The molecule has 0 saturated heterocycles. The van der Waals surface area contributed by atoms with E-state index in [2.05, 4.69) is 5.32 Å². The summed E-state index contributed by atoms with van der Waals surface area (Å²) in [6.45, 7) is 6.83. The number of hydrogen-bond donors (Lipinski definition) is 2. The van der Waals surface area contributed by atoms with E-state index in [9.17, 15) is 14.4 Å². The summed E-state index contributed by atoms with van der Waals surface area (Å²) in [6.07, 6.45) is 3.26. The van der Waals surface area contributed by atoms with Crippen molar-refractivity contribution >= 4 is 17.8 Å². The molecule has 0 rings (SSSR count). The molecular formula is C14H23NO5. The zero-order valence-corrected chi connectivity index (χ0v) is 12.4. The van der Waals surface area contributed by atoms with Crippen molar-refractivity contribution in [3.8, 4) is 0 Å². The van der Waals surface area contributed by atoms with Crippen LogP contribution in [0.2, 0.25) is 0 Å². The molecule has 0 aliphatic heterocycles. The van der Waals surface area contributed by atoms with Gasteiger partial charge in [0, 0.05) is 6.42 Å². The van der Waals surface area contributed by atoms with E-state index in [1.807, 2.05) is 0 Å². The van der Waals surface area contributed by atoms with Crippen LogP contribution in [0.4, 0.5) is 4.79 Å². The van der Waals surface area contributed by atoms with Crippen molar-refractivity contribution in [2.45, 2.75) is 58.6 Å². The Balaban J connectivity index is 4.31. The summed E-state index contributed by atoms with van der Waals surface area (Å²) in [7, 11) is 0. The third kappa shape index (κ3) is 9.13. The molecule has 0 saturated carbocycles. The predicted octanol–water partition coefficient (Wildman–Crippen LogP) is 2.28. The number of carboxylic acids is 1. The van der Waals surface area contributed by atoms with Gasteiger partial charge in [-0.3, -0.25) is 4.79 Å². The number of ketones is 1. The van der Waals surface area contributed by atoms with E-state index in [4.69, 9.17) is 9.84 Å². The van der Waals surface area contributed by atoms with Crippen LogP contribution in [0.15, 0.2) is 12.2 Å². The smallest absolute Gasteiger partial charge is 0.408 e. The van der Waals surface area contributed by atoms with Crippen molar-refractivity contribution in [1.82, 2.24) is 5.32 Å². The third-order valence-corrected chi connectivity index (χ3v) is 2.26. The lowest BCUT2D eigenvalue weighted by molar-refractivity contribution is -0.139. The van der Waals surface area contributed by atoms with Crippen LogP contribution in [-0.2, 0) is 14.3 Å². The number of hydrogen-bond acceptors (Lipinski definition) is 4. The molecule has 0 bridgehead atoms. The first-order valence-corrected chi connectivity index (χ1v) is 6.57. The highest BCUT2D eigenvalue weighted by Gasteiger charge is 2.23. The van der Waals surface area contributed by atoms with Crippen LogP contribution >= 0.6 is 0 Å². The SMILES string of the molecule is CCC(=O)/C=C/CC[C@H](NC(=O)OC(C)(C)C)C(=O)O. The van der Waals surface area contributed by atoms with Gasteiger partial charge in [-0.25, -0.2) is 9.59 Å². The van der Waals surface area contributed by atoms with E-state index < -0.39 is 23.7 Å². The number of carboxylic acid groups (broad SMARTS) is 1. The van der Waals surface area contributed by atoms with Crippen molar-refractivity contribution in [1.29, 1.82) is 0 Å². The normalized spacial score (nSPS) is 13.0. The van der Waals surface area contributed by atoms with Gasteiger partial charge >= 0.3 is 12.1 Å². The molecule has 0 aliphatic rings. The maximum atomic E-state index is 11.5. The van der Waals surface area contributed by atoms with Crippen LogP contribution in [-0.4, -0.2) is 34.6 Å². The van der Waals surface area contributed by atoms with Crippen LogP contribution in [0, 0.1) is 0 Å². The van der Waals surface area contributed by atoms with Gasteiger partial charge in [0.15, 0.2) is 5.78 Å². The fourth-order valence-corrected chi connectivity index (χ4v) is 1.30. The second kappa shape index (κ2) is 8.35. The lowest BCUT2D eigenvalue weighted by atomic mass is 10.1. The molecule has 0 heterocycles.